The van der Waals surface area contributed by atoms with Crippen LogP contribution in [0.3, 0.4) is 0 Å². The number of hydrogen-bond acceptors (Lipinski definition) is 7. The molecule has 0 spiro atoms. The highest BCUT2D eigenvalue weighted by Gasteiger charge is 2.57. The van der Waals surface area contributed by atoms with Crippen LogP contribution in [0.2, 0.25) is 0 Å². The lowest BCUT2D eigenvalue weighted by atomic mass is 10.0. The molecule has 3 heterocycles. The van der Waals surface area contributed by atoms with Gasteiger partial charge < -0.3 is 5.32 Å². The van der Waals surface area contributed by atoms with Crippen LogP contribution in [0.25, 0.3) is 0 Å². The fraction of sp³-hybridized carbons (Fsp3) is 0.571. The SMILES string of the molecule is O=S1(=O)C[C@@H]2N[C@@H]3CS(=O)(=O)C[C@@H]3N(S(=O)(=O)c3cc(Br)ccc3Br)[C@H]2C1. The molecule has 3 aliphatic heterocycles. The maximum Gasteiger partial charge on any atom is 0.244 e. The Kier molecular flexibility index (Phi) is 4.85. The smallest absolute Gasteiger partial charge is 0.244 e. The Labute approximate surface area is 174 Å². The van der Waals surface area contributed by atoms with Gasteiger partial charge in [-0.05, 0) is 34.1 Å². The average Bonchev–Trinajstić information content (AvgIpc) is 2.98. The van der Waals surface area contributed by atoms with Gasteiger partial charge in [-0.2, -0.15) is 4.31 Å². The van der Waals surface area contributed by atoms with Crippen LogP contribution in [-0.2, 0) is 29.7 Å². The molecule has 1 aromatic carbocycles. The van der Waals surface area contributed by atoms with Gasteiger partial charge in [0, 0.05) is 21.0 Å². The molecule has 3 fully saturated rings. The predicted molar refractivity (Wildman–Crippen MR) is 106 cm³/mol. The third-order valence-electron chi connectivity index (χ3n) is 5.18. The van der Waals surface area contributed by atoms with Crippen LogP contribution >= 0.6 is 31.9 Å². The van der Waals surface area contributed by atoms with E-state index in [2.05, 4.69) is 37.2 Å². The highest BCUT2D eigenvalue weighted by Crippen LogP contribution is 2.38. The lowest BCUT2D eigenvalue weighted by Crippen LogP contribution is -2.67. The largest absolute Gasteiger partial charge is 0.306 e. The summed E-state index contributed by atoms with van der Waals surface area (Å²) in [6, 6.07) is 1.77. The van der Waals surface area contributed by atoms with Gasteiger partial charge in [-0.25, -0.2) is 25.3 Å². The highest BCUT2D eigenvalue weighted by molar-refractivity contribution is 9.11. The number of piperazine rings is 1. The van der Waals surface area contributed by atoms with E-state index in [-0.39, 0.29) is 27.9 Å². The van der Waals surface area contributed by atoms with Crippen LogP contribution in [0.15, 0.2) is 32.0 Å². The summed E-state index contributed by atoms with van der Waals surface area (Å²) in [7, 11) is -11.0. The standard InChI is InChI=1S/C14H16Br2N2O6S3/c15-8-1-2-9(16)14(3-8)27(23,24)18-12-6-25(19,20)4-10(12)17-11-5-26(21,22)7-13(11)18/h1-3,10-13,17H,4-7H2/t10-,11+,12-,13-/m0/s1. The molecule has 27 heavy (non-hydrogen) atoms. The van der Waals surface area contributed by atoms with E-state index in [9.17, 15) is 25.3 Å². The average molecular weight is 564 g/mol. The summed E-state index contributed by atoms with van der Waals surface area (Å²) < 4.78 is 77.8. The zero-order chi connectivity index (χ0) is 19.8. The minimum absolute atomic E-state index is 0.0233. The molecule has 4 atom stereocenters. The Morgan fingerprint density at radius 3 is 1.96 bits per heavy atom. The number of benzene rings is 1. The van der Waals surface area contributed by atoms with Gasteiger partial charge in [0.15, 0.2) is 19.7 Å². The normalized spacial score (nSPS) is 34.9. The van der Waals surface area contributed by atoms with E-state index in [1.807, 2.05) is 0 Å². The van der Waals surface area contributed by atoms with E-state index in [1.54, 1.807) is 12.1 Å². The molecule has 0 aliphatic carbocycles. The van der Waals surface area contributed by atoms with Crippen LogP contribution in [-0.4, -0.2) is 76.7 Å². The summed E-state index contributed by atoms with van der Waals surface area (Å²) in [5.74, 6) is -1.04. The Morgan fingerprint density at radius 2 is 1.44 bits per heavy atom. The minimum atomic E-state index is -4.14. The molecule has 0 amide bonds. The zero-order valence-electron chi connectivity index (χ0n) is 13.7. The number of halogens is 2. The Balaban J connectivity index is 1.87. The van der Waals surface area contributed by atoms with Gasteiger partial charge in [-0.3, -0.25) is 0 Å². The van der Waals surface area contributed by atoms with Gasteiger partial charge in [0.1, 0.15) is 0 Å². The number of rotatable bonds is 2. The summed E-state index contributed by atoms with van der Waals surface area (Å²) in [6.07, 6.45) is 0. The van der Waals surface area contributed by atoms with E-state index in [4.69, 9.17) is 0 Å². The van der Waals surface area contributed by atoms with Crippen LogP contribution in [0, 0.1) is 0 Å². The molecule has 13 heteroatoms. The quantitative estimate of drug-likeness (QED) is 0.543. The van der Waals surface area contributed by atoms with Gasteiger partial charge in [0.05, 0.1) is 40.0 Å². The second kappa shape index (κ2) is 6.47. The summed E-state index contributed by atoms with van der Waals surface area (Å²) in [5, 5.41) is 3.08. The molecule has 0 bridgehead atoms. The predicted octanol–water partition coefficient (Wildman–Crippen LogP) is 0.137. The molecule has 150 valence electrons. The van der Waals surface area contributed by atoms with E-state index < -0.39 is 53.9 Å². The van der Waals surface area contributed by atoms with Gasteiger partial charge >= 0.3 is 0 Å². The summed E-state index contributed by atoms with van der Waals surface area (Å²) in [5.41, 5.74) is 0. The van der Waals surface area contributed by atoms with E-state index in [0.717, 1.165) is 4.31 Å². The number of hydrogen-bond donors (Lipinski definition) is 1. The molecule has 0 unspecified atom stereocenters. The van der Waals surface area contributed by atoms with Gasteiger partial charge in [0.2, 0.25) is 10.0 Å². The number of nitrogens with zero attached hydrogens (tertiary/aromatic N) is 1. The molecule has 0 radical (unpaired) electrons. The lowest BCUT2D eigenvalue weighted by Gasteiger charge is -2.43. The first-order valence-electron chi connectivity index (χ1n) is 8.05. The summed E-state index contributed by atoms with van der Waals surface area (Å²) >= 11 is 6.50. The minimum Gasteiger partial charge on any atom is -0.306 e. The lowest BCUT2D eigenvalue weighted by molar-refractivity contribution is 0.160. The van der Waals surface area contributed by atoms with Crippen molar-refractivity contribution in [3.8, 4) is 0 Å². The maximum atomic E-state index is 13.5. The molecular formula is C14H16Br2N2O6S3. The van der Waals surface area contributed by atoms with Crippen molar-refractivity contribution in [1.29, 1.82) is 0 Å². The van der Waals surface area contributed by atoms with Crippen molar-refractivity contribution in [1.82, 2.24) is 9.62 Å². The first kappa shape index (κ1) is 20.2. The fourth-order valence-corrected chi connectivity index (χ4v) is 11.5. The molecule has 4 rings (SSSR count). The van der Waals surface area contributed by atoms with Gasteiger partial charge in [0.25, 0.3) is 0 Å². The van der Waals surface area contributed by atoms with Crippen LogP contribution in [0.1, 0.15) is 0 Å². The summed E-state index contributed by atoms with van der Waals surface area (Å²) in [4.78, 5) is -0.0233. The molecule has 8 nitrogen and oxygen atoms in total. The number of sulfonamides is 1. The number of sulfone groups is 2. The van der Waals surface area contributed by atoms with Crippen molar-refractivity contribution in [2.75, 3.05) is 23.0 Å². The van der Waals surface area contributed by atoms with Crippen molar-refractivity contribution in [2.45, 2.75) is 29.1 Å². The summed E-state index contributed by atoms with van der Waals surface area (Å²) in [6.45, 7) is 0. The Hall–Kier alpha value is -0.0500. The molecule has 0 aromatic heterocycles. The third kappa shape index (κ3) is 3.53. The van der Waals surface area contributed by atoms with Crippen molar-refractivity contribution in [2.24, 2.45) is 0 Å². The van der Waals surface area contributed by atoms with E-state index in [0.29, 0.717) is 8.95 Å². The number of fused-ring (bicyclic) bond motifs is 2. The van der Waals surface area contributed by atoms with Crippen molar-refractivity contribution >= 4 is 61.6 Å². The number of nitrogens with one attached hydrogen (secondary N) is 1. The molecule has 3 saturated heterocycles. The van der Waals surface area contributed by atoms with E-state index in [1.165, 1.54) is 6.07 Å². The molecular weight excluding hydrogens is 548 g/mol. The van der Waals surface area contributed by atoms with Crippen LogP contribution < -0.4 is 5.32 Å². The first-order valence-corrected chi connectivity index (χ1v) is 14.7. The zero-order valence-corrected chi connectivity index (χ0v) is 19.4. The Morgan fingerprint density at radius 1 is 0.926 bits per heavy atom. The molecule has 3 aliphatic rings. The molecule has 1 aromatic rings. The van der Waals surface area contributed by atoms with Gasteiger partial charge in [-0.1, -0.05) is 15.9 Å². The topological polar surface area (TPSA) is 118 Å². The first-order chi connectivity index (χ1) is 12.4. The van der Waals surface area contributed by atoms with Crippen LogP contribution in [0.5, 0.6) is 0 Å². The third-order valence-corrected chi connectivity index (χ3v) is 12.0. The fourth-order valence-electron chi connectivity index (χ4n) is 4.14. The Bertz CT molecular complexity index is 1070. The van der Waals surface area contributed by atoms with Crippen molar-refractivity contribution in [3.05, 3.63) is 27.1 Å². The monoisotopic (exact) mass is 562 g/mol. The molecule has 0 saturated carbocycles. The van der Waals surface area contributed by atoms with Gasteiger partial charge in [-0.15, -0.1) is 0 Å². The maximum absolute atomic E-state index is 13.5. The van der Waals surface area contributed by atoms with Crippen LogP contribution in [0.4, 0.5) is 0 Å². The molecule has 1 N–H and O–H groups in total. The van der Waals surface area contributed by atoms with E-state index >= 15 is 0 Å². The van der Waals surface area contributed by atoms with Crippen molar-refractivity contribution in [3.63, 3.8) is 0 Å². The van der Waals surface area contributed by atoms with Crippen molar-refractivity contribution < 1.29 is 25.3 Å². The highest BCUT2D eigenvalue weighted by atomic mass is 79.9. The second-order valence-corrected chi connectivity index (χ2v) is 15.0. The second-order valence-electron chi connectivity index (χ2n) is 7.08.